The molecule has 0 bridgehead atoms. The van der Waals surface area contributed by atoms with E-state index in [1.54, 1.807) is 0 Å². The second-order valence-corrected chi connectivity index (χ2v) is 4.83. The molecule has 0 aliphatic heterocycles. The molecule has 74 valence electrons. The van der Waals surface area contributed by atoms with Crippen molar-refractivity contribution in [1.82, 2.24) is 0 Å². The summed E-state index contributed by atoms with van der Waals surface area (Å²) in [6.45, 7) is 0. The summed E-state index contributed by atoms with van der Waals surface area (Å²) in [6, 6.07) is 3.19. The maximum atomic E-state index is 12.6. The Bertz CT molecular complexity index is 481. The number of alkyl halides is 2. The third-order valence-corrected chi connectivity index (χ3v) is 4.13. The lowest BCUT2D eigenvalue weighted by Gasteiger charge is -2.06. The van der Waals surface area contributed by atoms with Gasteiger partial charge in [0.15, 0.2) is 0 Å². The first-order valence-corrected chi connectivity index (χ1v) is 5.80. The average Bonchev–Trinajstić information content (AvgIpc) is 2.59. The van der Waals surface area contributed by atoms with E-state index in [1.807, 2.05) is 34.0 Å². The molecule has 0 aliphatic carbocycles. The molecule has 1 aromatic heterocycles. The fourth-order valence-corrected chi connectivity index (χ4v) is 3.17. The predicted molar refractivity (Wildman–Crippen MR) is 63.9 cm³/mol. The van der Waals surface area contributed by atoms with Crippen LogP contribution in [0.1, 0.15) is 12.0 Å². The Morgan fingerprint density at radius 3 is 2.79 bits per heavy atom. The summed E-state index contributed by atoms with van der Waals surface area (Å²) >= 11 is 3.41. The van der Waals surface area contributed by atoms with Gasteiger partial charge >= 0.3 is 0 Å². The van der Waals surface area contributed by atoms with Crippen LogP contribution in [0.4, 0.5) is 14.5 Å². The number of rotatable bonds is 1. The summed E-state index contributed by atoms with van der Waals surface area (Å²) in [5.41, 5.74) is 6.14. The third kappa shape index (κ3) is 1.48. The first-order valence-electron chi connectivity index (χ1n) is 3.84. The maximum absolute atomic E-state index is 12.6. The molecule has 0 spiro atoms. The molecule has 2 aromatic rings. The Morgan fingerprint density at radius 1 is 1.43 bits per heavy atom. The Kier molecular flexibility index (Phi) is 2.61. The van der Waals surface area contributed by atoms with Crippen LogP contribution >= 0.6 is 33.9 Å². The SMILES string of the molecule is Nc1cc(C(F)F)c(I)c2ccsc12. The second-order valence-electron chi connectivity index (χ2n) is 2.83. The highest BCUT2D eigenvalue weighted by Crippen LogP contribution is 2.36. The molecule has 0 fully saturated rings. The van der Waals surface area contributed by atoms with Crippen molar-refractivity contribution in [3.63, 3.8) is 0 Å². The number of nitrogens with two attached hydrogens (primary N) is 1. The molecule has 0 saturated carbocycles. The van der Waals surface area contributed by atoms with Gasteiger partial charge in [-0.2, -0.15) is 0 Å². The Hall–Kier alpha value is -0.430. The minimum Gasteiger partial charge on any atom is -0.398 e. The molecule has 0 atom stereocenters. The highest BCUT2D eigenvalue weighted by Gasteiger charge is 2.16. The van der Waals surface area contributed by atoms with Crippen molar-refractivity contribution in [3.8, 4) is 0 Å². The Labute approximate surface area is 97.1 Å². The number of thiophene rings is 1. The molecule has 14 heavy (non-hydrogen) atoms. The molecule has 0 amide bonds. The Balaban J connectivity index is 2.82. The van der Waals surface area contributed by atoms with Crippen molar-refractivity contribution in [1.29, 1.82) is 0 Å². The molecule has 1 aromatic carbocycles. The quantitative estimate of drug-likeness (QED) is 0.622. The number of anilines is 1. The number of nitrogen functional groups attached to an aromatic ring is 1. The van der Waals surface area contributed by atoms with Crippen molar-refractivity contribution in [2.75, 3.05) is 5.73 Å². The number of halogens is 3. The predicted octanol–water partition coefficient (Wildman–Crippen LogP) is 4.03. The Morgan fingerprint density at radius 2 is 2.14 bits per heavy atom. The van der Waals surface area contributed by atoms with Crippen LogP contribution in [0, 0.1) is 3.57 Å². The number of hydrogen-bond donors (Lipinski definition) is 1. The zero-order chi connectivity index (χ0) is 10.3. The van der Waals surface area contributed by atoms with Gasteiger partial charge in [-0.1, -0.05) is 0 Å². The average molecular weight is 325 g/mol. The van der Waals surface area contributed by atoms with Gasteiger partial charge in [-0.15, -0.1) is 11.3 Å². The van der Waals surface area contributed by atoms with E-state index in [-0.39, 0.29) is 5.56 Å². The summed E-state index contributed by atoms with van der Waals surface area (Å²) in [4.78, 5) is 0. The van der Waals surface area contributed by atoms with Gasteiger partial charge in [0.2, 0.25) is 0 Å². The van der Waals surface area contributed by atoms with Gasteiger partial charge in [-0.05, 0) is 40.1 Å². The highest BCUT2D eigenvalue weighted by molar-refractivity contribution is 14.1. The fourth-order valence-electron chi connectivity index (χ4n) is 1.32. The molecule has 0 saturated heterocycles. The molecule has 0 unspecified atom stereocenters. The third-order valence-electron chi connectivity index (χ3n) is 1.96. The number of fused-ring (bicyclic) bond motifs is 1. The van der Waals surface area contributed by atoms with Crippen molar-refractivity contribution >= 4 is 49.7 Å². The van der Waals surface area contributed by atoms with Crippen molar-refractivity contribution in [3.05, 3.63) is 26.6 Å². The van der Waals surface area contributed by atoms with E-state index >= 15 is 0 Å². The zero-order valence-corrected chi connectivity index (χ0v) is 9.90. The summed E-state index contributed by atoms with van der Waals surface area (Å²) in [5, 5.41) is 2.68. The minimum atomic E-state index is -2.46. The number of benzene rings is 1. The normalized spacial score (nSPS) is 11.4. The van der Waals surface area contributed by atoms with Crippen LogP contribution in [0.2, 0.25) is 0 Å². The van der Waals surface area contributed by atoms with Crippen LogP contribution in [0.25, 0.3) is 10.1 Å². The molecule has 1 nitrogen and oxygen atoms in total. The van der Waals surface area contributed by atoms with Crippen molar-refractivity contribution < 1.29 is 8.78 Å². The van der Waals surface area contributed by atoms with Gasteiger partial charge in [0.1, 0.15) is 0 Å². The first-order chi connectivity index (χ1) is 6.61. The molecular weight excluding hydrogens is 319 g/mol. The maximum Gasteiger partial charge on any atom is 0.264 e. The van der Waals surface area contributed by atoms with Crippen LogP contribution in [0.5, 0.6) is 0 Å². The van der Waals surface area contributed by atoms with E-state index in [4.69, 9.17) is 5.73 Å². The van der Waals surface area contributed by atoms with E-state index in [2.05, 4.69) is 0 Å². The largest absolute Gasteiger partial charge is 0.398 e. The van der Waals surface area contributed by atoms with Gasteiger partial charge in [0, 0.05) is 14.5 Å². The smallest absolute Gasteiger partial charge is 0.264 e. The van der Waals surface area contributed by atoms with Crippen LogP contribution in [0.3, 0.4) is 0 Å². The summed E-state index contributed by atoms with van der Waals surface area (Å²) < 4.78 is 26.7. The highest BCUT2D eigenvalue weighted by atomic mass is 127. The van der Waals surface area contributed by atoms with E-state index in [9.17, 15) is 8.78 Å². The molecular formula is C9H6F2INS. The molecule has 0 radical (unpaired) electrons. The lowest BCUT2D eigenvalue weighted by molar-refractivity contribution is 0.150. The monoisotopic (exact) mass is 325 g/mol. The van der Waals surface area contributed by atoms with Crippen LogP contribution in [-0.4, -0.2) is 0 Å². The van der Waals surface area contributed by atoms with Crippen molar-refractivity contribution in [2.45, 2.75) is 6.43 Å². The zero-order valence-electron chi connectivity index (χ0n) is 6.93. The van der Waals surface area contributed by atoms with Crippen LogP contribution in [-0.2, 0) is 0 Å². The summed E-state index contributed by atoms with van der Waals surface area (Å²) in [5.74, 6) is 0. The van der Waals surface area contributed by atoms with E-state index in [0.717, 1.165) is 10.1 Å². The van der Waals surface area contributed by atoms with Gasteiger partial charge in [-0.25, -0.2) is 8.78 Å². The van der Waals surface area contributed by atoms with Gasteiger partial charge in [0.05, 0.1) is 10.4 Å². The van der Waals surface area contributed by atoms with E-state index < -0.39 is 6.43 Å². The van der Waals surface area contributed by atoms with E-state index in [0.29, 0.717) is 9.26 Å². The molecule has 2 N–H and O–H groups in total. The molecule has 1 heterocycles. The van der Waals surface area contributed by atoms with Crippen LogP contribution < -0.4 is 5.73 Å². The van der Waals surface area contributed by atoms with Gasteiger partial charge < -0.3 is 5.73 Å². The molecule has 2 rings (SSSR count). The fraction of sp³-hybridized carbons (Fsp3) is 0.111. The second kappa shape index (κ2) is 3.62. The van der Waals surface area contributed by atoms with Gasteiger partial charge in [-0.3, -0.25) is 0 Å². The first kappa shape index (κ1) is 10.1. The topological polar surface area (TPSA) is 26.0 Å². The lowest BCUT2D eigenvalue weighted by Crippen LogP contribution is -1.94. The standard InChI is InChI=1S/C9H6F2INS/c10-9(11)5-3-6(13)8-4(7(5)12)1-2-14-8/h1-3,9H,13H2. The van der Waals surface area contributed by atoms with Crippen LogP contribution in [0.15, 0.2) is 17.5 Å². The number of hydrogen-bond acceptors (Lipinski definition) is 2. The van der Waals surface area contributed by atoms with Gasteiger partial charge in [0.25, 0.3) is 6.43 Å². The van der Waals surface area contributed by atoms with Crippen molar-refractivity contribution in [2.24, 2.45) is 0 Å². The molecule has 0 aliphatic rings. The summed E-state index contributed by atoms with van der Waals surface area (Å²) in [6.07, 6.45) is -2.46. The lowest BCUT2D eigenvalue weighted by atomic mass is 10.1. The summed E-state index contributed by atoms with van der Waals surface area (Å²) in [7, 11) is 0. The minimum absolute atomic E-state index is 0.0222. The van der Waals surface area contributed by atoms with E-state index in [1.165, 1.54) is 17.4 Å². The molecule has 5 heteroatoms.